The Hall–Kier alpha value is -2.71. The molecule has 0 amide bonds. The van der Waals surface area contributed by atoms with Crippen molar-refractivity contribution in [3.05, 3.63) is 144 Å². The van der Waals surface area contributed by atoms with Gasteiger partial charge in [-0.05, 0) is 51.1 Å². The molecule has 0 radical (unpaired) electrons. The molecule has 0 fully saturated rings. The first-order valence-corrected chi connectivity index (χ1v) is 15.6. The van der Waals surface area contributed by atoms with E-state index in [1.165, 1.54) is 90.4 Å². The second-order valence-corrected chi connectivity index (χ2v) is 13.0. The molecule has 40 heavy (non-hydrogen) atoms. The molecule has 6 aromatic carbocycles. The van der Waals surface area contributed by atoms with E-state index in [1.54, 1.807) is 0 Å². The van der Waals surface area contributed by atoms with E-state index < -0.39 is 0 Å². The normalized spacial score (nSPS) is 15.7. The number of hydrogen-bond acceptors (Lipinski definition) is 0. The fourth-order valence-electron chi connectivity index (χ4n) is 6.54. The summed E-state index contributed by atoms with van der Waals surface area (Å²) < 4.78 is 0.654. The molecule has 6 aromatic rings. The average Bonchev–Trinajstić information content (AvgIpc) is 3.42. The maximum atomic E-state index is 2.40. The van der Waals surface area contributed by atoms with Gasteiger partial charge in [-0.1, -0.05) is 62.4 Å². The van der Waals surface area contributed by atoms with Crippen LogP contribution in [0.1, 0.15) is 45.7 Å². The minimum absolute atomic E-state index is 0. The molecule has 2 unspecified atom stereocenters. The molecule has 0 saturated carbocycles. The van der Waals surface area contributed by atoms with Gasteiger partial charge in [0.2, 0.25) is 0 Å². The molecule has 3 heteroatoms. The first kappa shape index (κ1) is 28.8. The van der Waals surface area contributed by atoms with Gasteiger partial charge in [-0.2, -0.15) is 0 Å². The summed E-state index contributed by atoms with van der Waals surface area (Å²) >= 11 is 1.18. The summed E-state index contributed by atoms with van der Waals surface area (Å²) in [6.45, 7) is 4.65. The van der Waals surface area contributed by atoms with Gasteiger partial charge >= 0.3 is 122 Å². The number of halogens is 2. The summed E-state index contributed by atoms with van der Waals surface area (Å²) in [4.78, 5) is 0. The van der Waals surface area contributed by atoms with Crippen LogP contribution in [0, 0.1) is 5.92 Å². The first-order valence-electron chi connectivity index (χ1n) is 13.6. The zero-order valence-electron chi connectivity index (χ0n) is 22.5. The van der Waals surface area contributed by atoms with Gasteiger partial charge in [-0.15, -0.1) is 0 Å². The second kappa shape index (κ2) is 11.6. The molecular formula is C37H29Cl2Hf. The maximum absolute atomic E-state index is 2.40. The molecule has 0 bridgehead atoms. The second-order valence-electron chi connectivity index (χ2n) is 10.9. The van der Waals surface area contributed by atoms with E-state index in [9.17, 15) is 0 Å². The quantitative estimate of drug-likeness (QED) is 0.225. The zero-order valence-corrected chi connectivity index (χ0v) is 27.6. The van der Waals surface area contributed by atoms with Gasteiger partial charge in [0.25, 0.3) is 0 Å². The van der Waals surface area contributed by atoms with Crippen LogP contribution in [0.2, 0.25) is 0 Å². The fraction of sp³-hybridized carbons (Fsp3) is 0.135. The summed E-state index contributed by atoms with van der Waals surface area (Å²) in [5, 5.41) is 5.40. The summed E-state index contributed by atoms with van der Waals surface area (Å²) in [7, 11) is 0. The van der Waals surface area contributed by atoms with Crippen LogP contribution in [0.25, 0.3) is 43.8 Å². The van der Waals surface area contributed by atoms with Crippen LogP contribution in [-0.2, 0) is 24.4 Å². The topological polar surface area (TPSA) is 0 Å². The number of fused-ring (bicyclic) bond motifs is 8. The van der Waals surface area contributed by atoms with E-state index in [0.29, 0.717) is 15.5 Å². The molecule has 0 nitrogen and oxygen atoms in total. The van der Waals surface area contributed by atoms with E-state index in [0.717, 1.165) is 0 Å². The summed E-state index contributed by atoms with van der Waals surface area (Å²) in [5.74, 6) is 1.16. The Morgan fingerprint density at radius 1 is 0.450 bits per heavy atom. The molecule has 0 aromatic heterocycles. The summed E-state index contributed by atoms with van der Waals surface area (Å²) in [5.41, 5.74) is 11.8. The van der Waals surface area contributed by atoms with Crippen molar-refractivity contribution in [3.8, 4) is 22.3 Å². The number of hydrogen-bond donors (Lipinski definition) is 0. The van der Waals surface area contributed by atoms with Crippen molar-refractivity contribution < 1.29 is 49.2 Å². The van der Waals surface area contributed by atoms with Crippen LogP contribution >= 0.6 is 0 Å². The van der Waals surface area contributed by atoms with Crippen molar-refractivity contribution in [3.63, 3.8) is 0 Å². The molecule has 2 atom stereocenters. The molecule has 0 N–H and O–H groups in total. The van der Waals surface area contributed by atoms with Crippen molar-refractivity contribution in [1.82, 2.24) is 0 Å². The third-order valence-electron chi connectivity index (χ3n) is 8.30. The zero-order chi connectivity index (χ0) is 25.8. The average molecular weight is 723 g/mol. The van der Waals surface area contributed by atoms with E-state index in [2.05, 4.69) is 135 Å². The van der Waals surface area contributed by atoms with E-state index in [1.807, 2.05) is 0 Å². The Morgan fingerprint density at radius 3 is 1.40 bits per heavy atom. The van der Waals surface area contributed by atoms with Gasteiger partial charge in [0.05, 0.1) is 0 Å². The van der Waals surface area contributed by atoms with Crippen LogP contribution < -0.4 is 24.8 Å². The van der Waals surface area contributed by atoms with Crippen LogP contribution in [0.5, 0.6) is 0 Å². The van der Waals surface area contributed by atoms with Crippen LogP contribution in [0.3, 0.4) is 0 Å². The molecule has 2 aliphatic rings. The van der Waals surface area contributed by atoms with Gasteiger partial charge in [-0.3, -0.25) is 0 Å². The van der Waals surface area contributed by atoms with Crippen molar-refractivity contribution >= 4 is 21.5 Å². The van der Waals surface area contributed by atoms with Crippen molar-refractivity contribution in [2.45, 2.75) is 23.4 Å². The third-order valence-corrected chi connectivity index (χ3v) is 10.5. The van der Waals surface area contributed by atoms with E-state index in [4.69, 9.17) is 0 Å². The number of rotatable bonds is 1. The summed E-state index contributed by atoms with van der Waals surface area (Å²) in [6, 6.07) is 44.6. The van der Waals surface area contributed by atoms with Gasteiger partial charge in [0.1, 0.15) is 0 Å². The Kier molecular flexibility index (Phi) is 8.39. The van der Waals surface area contributed by atoms with Crippen LogP contribution in [0.4, 0.5) is 0 Å². The van der Waals surface area contributed by atoms with Gasteiger partial charge < -0.3 is 24.8 Å². The van der Waals surface area contributed by atoms with Crippen LogP contribution in [-0.4, -0.2) is 0 Å². The predicted molar refractivity (Wildman–Crippen MR) is 157 cm³/mol. The monoisotopic (exact) mass is 723 g/mol. The first-order chi connectivity index (χ1) is 18.6. The molecule has 0 spiro atoms. The Labute approximate surface area is 264 Å². The Bertz CT molecular complexity index is 1840. The standard InChI is InChI=1S/C20H18.C17H11.2ClH.Hf/c1-13(2)20-17-10-6-5-9-16(17)18-11-14-7-3-4-8-15(14)12-19(18)20;1-2-6-13-11-17-15(9-12(13)5-1)10-14-7-3-4-8-16(14)17;;;/h3-13,20H,1-2H3;1-11H;2*1H;/q;;;;+2/p-2. The van der Waals surface area contributed by atoms with Gasteiger partial charge in [0, 0.05) is 5.92 Å². The molecule has 0 aliphatic heterocycles. The van der Waals surface area contributed by atoms with E-state index in [-0.39, 0.29) is 24.8 Å². The Morgan fingerprint density at radius 2 is 0.850 bits per heavy atom. The third kappa shape index (κ3) is 4.77. The summed E-state index contributed by atoms with van der Waals surface area (Å²) in [6.07, 6.45) is 0. The van der Waals surface area contributed by atoms with Gasteiger partial charge in [0.15, 0.2) is 0 Å². The fourth-order valence-corrected chi connectivity index (χ4v) is 8.30. The molecule has 195 valence electrons. The predicted octanol–water partition coefficient (Wildman–Crippen LogP) is 4.07. The molecule has 8 rings (SSSR count). The van der Waals surface area contributed by atoms with Crippen molar-refractivity contribution in [1.29, 1.82) is 0 Å². The molecule has 2 aliphatic carbocycles. The minimum atomic E-state index is 0. The molecular weight excluding hydrogens is 694 g/mol. The van der Waals surface area contributed by atoms with Gasteiger partial charge in [-0.25, -0.2) is 0 Å². The molecule has 0 heterocycles. The number of benzene rings is 6. The SMILES string of the molecule is CC(C)C1c2ccccc2-c2cc3ccccc3cc21.[Cl-].[Cl-].[Hf+2][CH]1c2ccccc2-c2cc3ccccc3cc21. The van der Waals surface area contributed by atoms with Crippen LogP contribution in [0.15, 0.2) is 121 Å². The van der Waals surface area contributed by atoms with Crippen molar-refractivity contribution in [2.75, 3.05) is 0 Å². The molecule has 0 saturated heterocycles. The van der Waals surface area contributed by atoms with E-state index >= 15 is 0 Å². The Balaban J connectivity index is 0.000000154. The van der Waals surface area contributed by atoms with Crippen molar-refractivity contribution in [2.24, 2.45) is 5.92 Å².